The van der Waals surface area contributed by atoms with Gasteiger partial charge in [-0.1, -0.05) is 76.9 Å². The number of sulfonamides is 1. The summed E-state index contributed by atoms with van der Waals surface area (Å²) in [5.41, 5.74) is 3.56. The Hall–Kier alpha value is -3.70. The van der Waals surface area contributed by atoms with Crippen LogP contribution in [0.25, 0.3) is 22.5 Å². The highest BCUT2D eigenvalue weighted by Gasteiger charge is 2.52. The molecule has 2 fully saturated rings. The van der Waals surface area contributed by atoms with Gasteiger partial charge in [0.1, 0.15) is 5.56 Å². The van der Waals surface area contributed by atoms with E-state index in [1.807, 2.05) is 55.5 Å². The number of amides is 1. The fraction of sp³-hybridized carbons (Fsp3) is 0.303. The lowest BCUT2D eigenvalue weighted by Gasteiger charge is -2.34. The summed E-state index contributed by atoms with van der Waals surface area (Å²) < 4.78 is 38.9. The van der Waals surface area contributed by atoms with Crippen molar-refractivity contribution in [2.45, 2.75) is 37.0 Å². The Morgan fingerprint density at radius 3 is 2.22 bits per heavy atom. The molecule has 0 N–H and O–H groups in total. The average Bonchev–Trinajstić information content (AvgIpc) is 3.78. The number of halogens is 2. The number of piperazine rings is 1. The third-order valence-electron chi connectivity index (χ3n) is 8.47. The zero-order valence-corrected chi connectivity index (χ0v) is 27.1. The van der Waals surface area contributed by atoms with Crippen molar-refractivity contribution in [3.63, 3.8) is 0 Å². The highest BCUT2D eigenvalue weighted by Crippen LogP contribution is 2.49. The number of nitrogens with zero attached hydrogens (tertiary/aromatic N) is 3. The Labute approximate surface area is 271 Å². The highest BCUT2D eigenvalue weighted by atomic mass is 35.5. The summed E-state index contributed by atoms with van der Waals surface area (Å²) in [6.07, 6.45) is 1.53. The smallest absolute Gasteiger partial charge is 0.316 e. The van der Waals surface area contributed by atoms with Crippen LogP contribution in [0.2, 0.25) is 10.0 Å². The Bertz CT molecular complexity index is 1880. The van der Waals surface area contributed by atoms with Crippen molar-refractivity contribution in [2.75, 3.05) is 32.8 Å². The second-order valence-corrected chi connectivity index (χ2v) is 13.9. The molecular formula is C33H31Cl2N3O6S. The van der Waals surface area contributed by atoms with Gasteiger partial charge in [-0.3, -0.25) is 9.59 Å². The fourth-order valence-corrected chi connectivity index (χ4v) is 7.60. The van der Waals surface area contributed by atoms with E-state index in [1.54, 1.807) is 11.8 Å². The van der Waals surface area contributed by atoms with E-state index >= 15 is 0 Å². The number of aromatic nitrogens is 1. The lowest BCUT2D eigenvalue weighted by atomic mass is 9.91. The molecule has 1 amide bonds. The van der Waals surface area contributed by atoms with Gasteiger partial charge in [-0.2, -0.15) is 4.31 Å². The van der Waals surface area contributed by atoms with E-state index in [-0.39, 0.29) is 53.0 Å². The van der Waals surface area contributed by atoms with Crippen molar-refractivity contribution in [3.05, 3.63) is 93.6 Å². The number of rotatable bonds is 8. The van der Waals surface area contributed by atoms with Crippen molar-refractivity contribution >= 4 is 45.1 Å². The molecule has 4 aromatic rings. The van der Waals surface area contributed by atoms with Crippen LogP contribution in [-0.4, -0.2) is 67.4 Å². The summed E-state index contributed by atoms with van der Waals surface area (Å²) in [4.78, 5) is 28.2. The largest absolute Gasteiger partial charge is 0.465 e. The van der Waals surface area contributed by atoms with Crippen LogP contribution >= 0.6 is 23.2 Å². The number of hydrogen-bond donors (Lipinski definition) is 0. The molecule has 234 valence electrons. The van der Waals surface area contributed by atoms with Crippen LogP contribution in [-0.2, 0) is 25.0 Å². The van der Waals surface area contributed by atoms with Crippen LogP contribution in [0.4, 0.5) is 0 Å². The van der Waals surface area contributed by atoms with Gasteiger partial charge in [0.15, 0.2) is 5.76 Å². The first-order valence-corrected chi connectivity index (χ1v) is 16.8. The summed E-state index contributed by atoms with van der Waals surface area (Å²) in [7, 11) is -3.82. The molecule has 0 unspecified atom stereocenters. The predicted octanol–water partition coefficient (Wildman–Crippen LogP) is 6.37. The molecule has 9 nitrogen and oxygen atoms in total. The quantitative estimate of drug-likeness (QED) is 0.201. The van der Waals surface area contributed by atoms with Gasteiger partial charge < -0.3 is 14.2 Å². The summed E-state index contributed by atoms with van der Waals surface area (Å²) >= 11 is 12.0. The van der Waals surface area contributed by atoms with Crippen LogP contribution in [0.3, 0.4) is 0 Å². The van der Waals surface area contributed by atoms with Crippen molar-refractivity contribution in [1.82, 2.24) is 14.4 Å². The lowest BCUT2D eigenvalue weighted by Crippen LogP contribution is -2.50. The molecule has 0 bridgehead atoms. The molecular weight excluding hydrogens is 637 g/mol. The van der Waals surface area contributed by atoms with Crippen molar-refractivity contribution in [3.8, 4) is 22.5 Å². The number of carbonyl (C=O) groups is 2. The first-order valence-electron chi connectivity index (χ1n) is 14.6. The molecule has 0 atom stereocenters. The summed E-state index contributed by atoms with van der Waals surface area (Å²) in [5, 5.41) is 4.56. The van der Waals surface area contributed by atoms with Gasteiger partial charge in [0.25, 0.3) is 5.91 Å². The normalized spacial score (nSPS) is 16.4. The Balaban J connectivity index is 1.23. The maximum absolute atomic E-state index is 13.9. The molecule has 45 heavy (non-hydrogen) atoms. The zero-order valence-electron chi connectivity index (χ0n) is 24.8. The molecule has 6 rings (SSSR count). The van der Waals surface area contributed by atoms with Crippen LogP contribution in [0.5, 0.6) is 0 Å². The second kappa shape index (κ2) is 12.2. The summed E-state index contributed by atoms with van der Waals surface area (Å²) in [5.74, 6) is -0.134. The fourth-order valence-electron chi connectivity index (χ4n) is 5.79. The first kappa shape index (κ1) is 31.3. The standard InChI is InChI=1S/C33H31Cl2N3O6S/c1-3-43-32(40)33(14-15-33)23-10-8-22(9-11-23)25-6-4-5-7-26(25)30-29(21(2)36-44-30)31(39)37-16-18-38(19-17-37)45(41,42)24-12-13-27(34)28(35)20-24/h4-13,20H,3,14-19H2,1-2H3. The number of benzene rings is 3. The molecule has 0 spiro atoms. The van der Waals surface area contributed by atoms with Gasteiger partial charge >= 0.3 is 5.97 Å². The van der Waals surface area contributed by atoms with E-state index < -0.39 is 15.4 Å². The molecule has 1 saturated carbocycles. The average molecular weight is 669 g/mol. The first-order chi connectivity index (χ1) is 21.6. The molecule has 12 heteroatoms. The maximum atomic E-state index is 13.9. The van der Waals surface area contributed by atoms with E-state index in [4.69, 9.17) is 32.5 Å². The minimum atomic E-state index is -3.82. The number of hydrogen-bond acceptors (Lipinski definition) is 7. The van der Waals surface area contributed by atoms with Crippen LogP contribution < -0.4 is 0 Å². The molecule has 1 aromatic heterocycles. The van der Waals surface area contributed by atoms with Gasteiger partial charge in [0.2, 0.25) is 10.0 Å². The molecule has 1 aliphatic heterocycles. The Kier molecular flexibility index (Phi) is 8.51. The molecule has 1 saturated heterocycles. The Morgan fingerprint density at radius 2 is 1.60 bits per heavy atom. The van der Waals surface area contributed by atoms with Gasteiger partial charge in [0.05, 0.1) is 32.7 Å². The molecule has 0 radical (unpaired) electrons. The number of carbonyl (C=O) groups excluding carboxylic acids is 2. The minimum Gasteiger partial charge on any atom is -0.465 e. The van der Waals surface area contributed by atoms with Gasteiger partial charge in [-0.05, 0) is 61.6 Å². The van der Waals surface area contributed by atoms with E-state index in [1.165, 1.54) is 22.5 Å². The number of ether oxygens (including phenoxy) is 1. The van der Waals surface area contributed by atoms with Crippen LogP contribution in [0.15, 0.2) is 76.1 Å². The van der Waals surface area contributed by atoms with Crippen molar-refractivity contribution in [2.24, 2.45) is 0 Å². The van der Waals surface area contributed by atoms with Crippen LogP contribution in [0, 0.1) is 6.92 Å². The molecule has 1 aliphatic carbocycles. The highest BCUT2D eigenvalue weighted by molar-refractivity contribution is 7.89. The molecule has 3 aromatic carbocycles. The summed E-state index contributed by atoms with van der Waals surface area (Å²) in [6.45, 7) is 4.48. The SMILES string of the molecule is CCOC(=O)C1(c2ccc(-c3ccccc3-c3onc(C)c3C(=O)N3CCN(S(=O)(=O)c4ccc(Cl)c(Cl)c4)CC3)cc2)CC1. The van der Waals surface area contributed by atoms with E-state index in [2.05, 4.69) is 5.16 Å². The van der Waals surface area contributed by atoms with E-state index in [0.717, 1.165) is 29.5 Å². The number of esters is 1. The van der Waals surface area contributed by atoms with Crippen LogP contribution in [0.1, 0.15) is 41.4 Å². The van der Waals surface area contributed by atoms with Gasteiger partial charge in [-0.15, -0.1) is 0 Å². The van der Waals surface area contributed by atoms with E-state index in [0.29, 0.717) is 29.2 Å². The minimum absolute atomic E-state index is 0.0478. The monoisotopic (exact) mass is 667 g/mol. The van der Waals surface area contributed by atoms with E-state index in [9.17, 15) is 18.0 Å². The third kappa shape index (κ3) is 5.76. The molecule has 2 heterocycles. The lowest BCUT2D eigenvalue weighted by molar-refractivity contribution is -0.146. The molecule has 2 aliphatic rings. The number of aryl methyl sites for hydroxylation is 1. The van der Waals surface area contributed by atoms with Gasteiger partial charge in [-0.25, -0.2) is 8.42 Å². The second-order valence-electron chi connectivity index (χ2n) is 11.2. The maximum Gasteiger partial charge on any atom is 0.316 e. The summed E-state index contributed by atoms with van der Waals surface area (Å²) in [6, 6.07) is 19.6. The topological polar surface area (TPSA) is 110 Å². The van der Waals surface area contributed by atoms with Gasteiger partial charge in [0, 0.05) is 31.7 Å². The Morgan fingerprint density at radius 1 is 0.933 bits per heavy atom. The zero-order chi connectivity index (χ0) is 31.9. The third-order valence-corrected chi connectivity index (χ3v) is 11.1. The van der Waals surface area contributed by atoms with Crippen molar-refractivity contribution in [1.29, 1.82) is 0 Å². The van der Waals surface area contributed by atoms with Crippen molar-refractivity contribution < 1.29 is 27.3 Å². The predicted molar refractivity (Wildman–Crippen MR) is 171 cm³/mol.